The van der Waals surface area contributed by atoms with E-state index in [4.69, 9.17) is 0 Å². The Bertz CT molecular complexity index is 355. The van der Waals surface area contributed by atoms with Crippen LogP contribution in [-0.4, -0.2) is 9.11 Å². The van der Waals surface area contributed by atoms with Gasteiger partial charge in [0, 0.05) is 4.91 Å². The SMILES string of the molecule is [CH2]C1=Cc2ccccc2S1(O)O. The maximum atomic E-state index is 9.62. The van der Waals surface area contributed by atoms with Crippen LogP contribution in [0.15, 0.2) is 34.1 Å². The van der Waals surface area contributed by atoms with Crippen LogP contribution in [0.4, 0.5) is 0 Å². The Morgan fingerprint density at radius 1 is 1.17 bits per heavy atom. The van der Waals surface area contributed by atoms with E-state index >= 15 is 0 Å². The molecule has 2 nitrogen and oxygen atoms in total. The van der Waals surface area contributed by atoms with E-state index < -0.39 is 10.6 Å². The summed E-state index contributed by atoms with van der Waals surface area (Å²) >= 11 is 0. The third-order valence-electron chi connectivity index (χ3n) is 1.91. The topological polar surface area (TPSA) is 40.5 Å². The zero-order valence-electron chi connectivity index (χ0n) is 6.40. The van der Waals surface area contributed by atoms with Crippen LogP contribution >= 0.6 is 10.6 Å². The summed E-state index contributed by atoms with van der Waals surface area (Å²) in [4.78, 5) is 0.999. The van der Waals surface area contributed by atoms with E-state index in [-0.39, 0.29) is 0 Å². The Morgan fingerprint density at radius 2 is 1.83 bits per heavy atom. The molecule has 2 N–H and O–H groups in total. The Labute approximate surface area is 72.9 Å². The average Bonchev–Trinajstić information content (AvgIpc) is 2.25. The summed E-state index contributed by atoms with van der Waals surface area (Å²) < 4.78 is 19.2. The van der Waals surface area contributed by atoms with Crippen molar-refractivity contribution in [1.82, 2.24) is 0 Å². The van der Waals surface area contributed by atoms with Gasteiger partial charge in [-0.25, -0.2) is 0 Å². The van der Waals surface area contributed by atoms with Crippen molar-refractivity contribution in [2.45, 2.75) is 4.90 Å². The van der Waals surface area contributed by atoms with Gasteiger partial charge in [-0.2, -0.15) is 0 Å². The molecule has 0 spiro atoms. The molecule has 1 radical (unpaired) electrons. The van der Waals surface area contributed by atoms with Gasteiger partial charge in [-0.15, -0.1) is 10.6 Å². The Balaban J connectivity index is 2.66. The van der Waals surface area contributed by atoms with Crippen LogP contribution in [0.25, 0.3) is 6.08 Å². The molecule has 3 heteroatoms. The van der Waals surface area contributed by atoms with Crippen LogP contribution < -0.4 is 0 Å². The highest BCUT2D eigenvalue weighted by molar-refractivity contribution is 8.28. The first kappa shape index (κ1) is 7.86. The van der Waals surface area contributed by atoms with Crippen molar-refractivity contribution >= 4 is 16.7 Å². The number of fused-ring (bicyclic) bond motifs is 1. The van der Waals surface area contributed by atoms with E-state index in [9.17, 15) is 9.11 Å². The van der Waals surface area contributed by atoms with Gasteiger partial charge in [0.1, 0.15) is 0 Å². The lowest BCUT2D eigenvalue weighted by molar-refractivity contribution is 0.498. The quantitative estimate of drug-likeness (QED) is 0.646. The van der Waals surface area contributed by atoms with Gasteiger partial charge in [0.05, 0.1) is 4.90 Å². The molecule has 2 rings (SSSR count). The van der Waals surface area contributed by atoms with Gasteiger partial charge in [0.25, 0.3) is 0 Å². The summed E-state index contributed by atoms with van der Waals surface area (Å²) in [6.45, 7) is 3.60. The molecule has 0 fully saturated rings. The minimum Gasteiger partial charge on any atom is -0.291 e. The minimum atomic E-state index is -2.73. The normalized spacial score (nSPS) is 21.4. The van der Waals surface area contributed by atoms with E-state index in [2.05, 4.69) is 6.92 Å². The van der Waals surface area contributed by atoms with Crippen LogP contribution in [-0.2, 0) is 0 Å². The third kappa shape index (κ3) is 0.909. The molecule has 0 bridgehead atoms. The number of benzene rings is 1. The van der Waals surface area contributed by atoms with Crippen LogP contribution in [0.5, 0.6) is 0 Å². The molecule has 12 heavy (non-hydrogen) atoms. The first-order chi connectivity index (χ1) is 5.62. The summed E-state index contributed by atoms with van der Waals surface area (Å²) in [5.41, 5.74) is 0.863. The highest BCUT2D eigenvalue weighted by atomic mass is 32.3. The van der Waals surface area contributed by atoms with E-state index in [1.807, 2.05) is 12.1 Å². The molecular formula is C9H9O2S. The maximum absolute atomic E-state index is 9.62. The van der Waals surface area contributed by atoms with Crippen molar-refractivity contribution in [2.75, 3.05) is 0 Å². The zero-order chi connectivity index (χ0) is 8.77. The molecular weight excluding hydrogens is 172 g/mol. The van der Waals surface area contributed by atoms with Gasteiger partial charge in [-0.3, -0.25) is 9.11 Å². The standard InChI is InChI=1S/C9H9O2S/c1-7-6-8-4-2-3-5-9(8)12(7,10)11/h2-6,10-11H,1H2. The number of hydrogen-bond donors (Lipinski definition) is 2. The van der Waals surface area contributed by atoms with Gasteiger partial charge >= 0.3 is 0 Å². The van der Waals surface area contributed by atoms with Crippen molar-refractivity contribution in [3.05, 3.63) is 41.7 Å². The fourth-order valence-electron chi connectivity index (χ4n) is 1.26. The van der Waals surface area contributed by atoms with Crippen molar-refractivity contribution in [3.63, 3.8) is 0 Å². The summed E-state index contributed by atoms with van der Waals surface area (Å²) in [5, 5.41) is 0. The van der Waals surface area contributed by atoms with Gasteiger partial charge in [0.2, 0.25) is 0 Å². The molecule has 1 aliphatic rings. The van der Waals surface area contributed by atoms with Gasteiger partial charge in [-0.1, -0.05) is 18.2 Å². The smallest absolute Gasteiger partial charge is 0.0706 e. The molecule has 0 aliphatic carbocycles. The first-order valence-corrected chi connectivity index (χ1v) is 5.08. The molecule has 1 heterocycles. The van der Waals surface area contributed by atoms with Crippen LogP contribution in [0.1, 0.15) is 5.56 Å². The van der Waals surface area contributed by atoms with E-state index in [1.54, 1.807) is 18.2 Å². The van der Waals surface area contributed by atoms with Gasteiger partial charge in [-0.05, 0) is 24.6 Å². The van der Waals surface area contributed by atoms with Crippen LogP contribution in [0, 0.1) is 6.92 Å². The zero-order valence-corrected chi connectivity index (χ0v) is 7.21. The predicted molar refractivity (Wildman–Crippen MR) is 50.9 cm³/mol. The number of rotatable bonds is 0. The van der Waals surface area contributed by atoms with Crippen molar-refractivity contribution in [1.29, 1.82) is 0 Å². The Morgan fingerprint density at radius 3 is 2.50 bits per heavy atom. The minimum absolute atomic E-state index is 0.406. The molecule has 1 aromatic rings. The first-order valence-electron chi connectivity index (χ1n) is 3.53. The average molecular weight is 181 g/mol. The molecule has 63 valence electrons. The summed E-state index contributed by atoms with van der Waals surface area (Å²) in [7, 11) is -2.73. The lowest BCUT2D eigenvalue weighted by atomic mass is 10.2. The maximum Gasteiger partial charge on any atom is 0.0706 e. The largest absolute Gasteiger partial charge is 0.291 e. The Kier molecular flexibility index (Phi) is 1.54. The molecule has 0 amide bonds. The summed E-state index contributed by atoms with van der Waals surface area (Å²) in [5.74, 6) is 0. The van der Waals surface area contributed by atoms with E-state index in [1.165, 1.54) is 0 Å². The highest BCUT2D eigenvalue weighted by Gasteiger charge is 2.26. The molecule has 1 aliphatic heterocycles. The summed E-state index contributed by atoms with van der Waals surface area (Å²) in [6.07, 6.45) is 1.71. The van der Waals surface area contributed by atoms with Crippen molar-refractivity contribution in [3.8, 4) is 0 Å². The molecule has 0 aromatic heterocycles. The van der Waals surface area contributed by atoms with Crippen LogP contribution in [0.2, 0.25) is 0 Å². The second kappa shape index (κ2) is 2.36. The lowest BCUT2D eigenvalue weighted by Gasteiger charge is -2.29. The highest BCUT2D eigenvalue weighted by Crippen LogP contribution is 2.60. The fourth-order valence-corrected chi connectivity index (χ4v) is 2.55. The molecule has 0 unspecified atom stereocenters. The molecule has 1 aromatic carbocycles. The predicted octanol–water partition coefficient (Wildman–Crippen LogP) is 2.98. The van der Waals surface area contributed by atoms with E-state index in [0.29, 0.717) is 9.80 Å². The lowest BCUT2D eigenvalue weighted by Crippen LogP contribution is -1.94. The summed E-state index contributed by atoms with van der Waals surface area (Å²) in [6, 6.07) is 7.23. The van der Waals surface area contributed by atoms with Gasteiger partial charge < -0.3 is 0 Å². The van der Waals surface area contributed by atoms with E-state index in [0.717, 1.165) is 5.56 Å². The monoisotopic (exact) mass is 181 g/mol. The second-order valence-corrected chi connectivity index (χ2v) is 4.76. The molecule has 0 saturated heterocycles. The number of allylic oxidation sites excluding steroid dienone is 1. The second-order valence-electron chi connectivity index (χ2n) is 2.70. The third-order valence-corrected chi connectivity index (χ3v) is 3.74. The fraction of sp³-hybridized carbons (Fsp3) is 0. The molecule has 0 atom stereocenters. The van der Waals surface area contributed by atoms with Crippen molar-refractivity contribution in [2.24, 2.45) is 0 Å². The van der Waals surface area contributed by atoms with Gasteiger partial charge in [0.15, 0.2) is 0 Å². The van der Waals surface area contributed by atoms with Crippen molar-refractivity contribution < 1.29 is 9.11 Å². The molecule has 0 saturated carbocycles. The van der Waals surface area contributed by atoms with Crippen LogP contribution in [0.3, 0.4) is 0 Å². The number of hydrogen-bond acceptors (Lipinski definition) is 2. The Hall–Kier alpha value is -0.770.